The summed E-state index contributed by atoms with van der Waals surface area (Å²) >= 11 is 7.39. The highest BCUT2D eigenvalue weighted by Gasteiger charge is 2.26. The van der Waals surface area contributed by atoms with Crippen LogP contribution in [0.2, 0.25) is 5.15 Å². The molecule has 9 heteroatoms. The van der Waals surface area contributed by atoms with Gasteiger partial charge in [0.05, 0.1) is 18.1 Å². The lowest BCUT2D eigenvalue weighted by molar-refractivity contribution is 0.172. The molecule has 1 atom stereocenters. The number of fused-ring (bicyclic) bond motifs is 1. The summed E-state index contributed by atoms with van der Waals surface area (Å²) in [5.74, 6) is 0.765. The number of hydrogen-bond acceptors (Lipinski definition) is 7. The molecule has 4 aromatic rings. The van der Waals surface area contributed by atoms with E-state index in [9.17, 15) is 4.79 Å². The van der Waals surface area contributed by atoms with Crippen molar-refractivity contribution in [2.75, 3.05) is 20.1 Å². The van der Waals surface area contributed by atoms with Crippen LogP contribution in [0.3, 0.4) is 0 Å². The fourth-order valence-electron chi connectivity index (χ4n) is 3.97. The first-order valence-corrected chi connectivity index (χ1v) is 12.2. The summed E-state index contributed by atoms with van der Waals surface area (Å²) in [6.07, 6.45) is 2.61. The number of rotatable bonds is 10. The number of aromatic nitrogens is 4. The molecule has 0 aliphatic heterocycles. The average Bonchev–Trinajstić information content (AvgIpc) is 3.31. The lowest BCUT2D eigenvalue weighted by Gasteiger charge is -2.32. The Balaban J connectivity index is 1.78. The highest BCUT2D eigenvalue weighted by Crippen LogP contribution is 2.26. The van der Waals surface area contributed by atoms with Gasteiger partial charge < -0.3 is 5.32 Å². The Morgan fingerprint density at radius 3 is 2.67 bits per heavy atom. The van der Waals surface area contributed by atoms with E-state index in [1.165, 1.54) is 11.3 Å². The molecular weight excluding hydrogens is 456 g/mol. The third-order valence-corrected chi connectivity index (χ3v) is 6.56. The number of nitrogens with zero attached hydrogens (tertiary/aromatic N) is 5. The van der Waals surface area contributed by atoms with E-state index in [2.05, 4.69) is 27.1 Å². The van der Waals surface area contributed by atoms with Gasteiger partial charge in [0.15, 0.2) is 10.3 Å². The van der Waals surface area contributed by atoms with Crippen LogP contribution in [0, 0.1) is 0 Å². The Bertz CT molecular complexity index is 1240. The van der Waals surface area contributed by atoms with Gasteiger partial charge in [-0.15, -0.1) is 11.3 Å². The summed E-state index contributed by atoms with van der Waals surface area (Å²) in [5, 5.41) is 3.71. The topological polar surface area (TPSA) is 75.9 Å². The number of pyridine rings is 1. The summed E-state index contributed by atoms with van der Waals surface area (Å²) in [4.78, 5) is 30.0. The van der Waals surface area contributed by atoms with Crippen molar-refractivity contribution in [1.82, 2.24) is 29.7 Å². The SMILES string of the molecule is CCC(c1nc2scnc2c(=O)n1Cc1ccccc1)N(CCNC)Cc1ccc(Cl)nc1. The van der Waals surface area contributed by atoms with Crippen LogP contribution in [-0.2, 0) is 13.1 Å². The van der Waals surface area contributed by atoms with Gasteiger partial charge in [0.25, 0.3) is 5.56 Å². The monoisotopic (exact) mass is 482 g/mol. The molecule has 7 nitrogen and oxygen atoms in total. The highest BCUT2D eigenvalue weighted by atomic mass is 35.5. The number of hydrogen-bond donors (Lipinski definition) is 1. The molecule has 0 spiro atoms. The van der Waals surface area contributed by atoms with Crippen molar-refractivity contribution >= 4 is 33.3 Å². The second-order valence-electron chi connectivity index (χ2n) is 7.84. The van der Waals surface area contributed by atoms with Gasteiger partial charge in [-0.2, -0.15) is 0 Å². The number of nitrogens with one attached hydrogen (secondary N) is 1. The number of benzene rings is 1. The van der Waals surface area contributed by atoms with Gasteiger partial charge in [-0.1, -0.05) is 54.9 Å². The van der Waals surface area contributed by atoms with Crippen molar-refractivity contribution in [3.8, 4) is 0 Å². The van der Waals surface area contributed by atoms with Crippen LogP contribution in [0.1, 0.15) is 36.3 Å². The Kier molecular flexibility index (Phi) is 7.82. The zero-order valence-electron chi connectivity index (χ0n) is 18.7. The van der Waals surface area contributed by atoms with Crippen LogP contribution in [0.4, 0.5) is 0 Å². The van der Waals surface area contributed by atoms with Gasteiger partial charge >= 0.3 is 0 Å². The molecule has 0 bridgehead atoms. The molecule has 0 fully saturated rings. The lowest BCUT2D eigenvalue weighted by Crippen LogP contribution is -2.38. The summed E-state index contributed by atoms with van der Waals surface area (Å²) in [5.41, 5.74) is 4.13. The van der Waals surface area contributed by atoms with Crippen molar-refractivity contribution in [3.05, 3.63) is 86.6 Å². The molecule has 1 unspecified atom stereocenters. The highest BCUT2D eigenvalue weighted by molar-refractivity contribution is 7.16. The van der Waals surface area contributed by atoms with E-state index in [-0.39, 0.29) is 11.6 Å². The first kappa shape index (κ1) is 23.5. The molecule has 0 aliphatic carbocycles. The summed E-state index contributed by atoms with van der Waals surface area (Å²) < 4.78 is 1.79. The van der Waals surface area contributed by atoms with Gasteiger partial charge in [0, 0.05) is 25.8 Å². The minimum Gasteiger partial charge on any atom is -0.318 e. The molecule has 0 saturated carbocycles. The number of likely N-dealkylation sites (N-methyl/N-ethyl adjacent to an activating group) is 1. The lowest BCUT2D eigenvalue weighted by atomic mass is 10.1. The molecular formula is C24H27ClN6OS. The largest absolute Gasteiger partial charge is 0.318 e. The quantitative estimate of drug-likeness (QED) is 0.343. The van der Waals surface area contributed by atoms with E-state index in [0.29, 0.717) is 28.6 Å². The molecule has 1 aromatic carbocycles. The zero-order valence-corrected chi connectivity index (χ0v) is 20.3. The molecule has 1 N–H and O–H groups in total. The minimum absolute atomic E-state index is 0.0584. The van der Waals surface area contributed by atoms with Crippen LogP contribution >= 0.6 is 22.9 Å². The number of halogens is 1. The van der Waals surface area contributed by atoms with Crippen molar-refractivity contribution in [2.24, 2.45) is 0 Å². The maximum Gasteiger partial charge on any atom is 0.281 e. The standard InChI is InChI=1S/C24H27ClN6OS/c1-3-19(30(12-11-26-2)14-18-9-10-20(25)27-13-18)22-29-23-21(28-16-33-23)24(32)31(22)15-17-7-5-4-6-8-17/h4-10,13,16,19,26H,3,11-12,14-15H2,1-2H3. The second kappa shape index (κ2) is 11.0. The van der Waals surface area contributed by atoms with E-state index in [4.69, 9.17) is 16.6 Å². The van der Waals surface area contributed by atoms with Crippen molar-refractivity contribution in [3.63, 3.8) is 0 Å². The molecule has 0 saturated heterocycles. The van der Waals surface area contributed by atoms with Crippen LogP contribution < -0.4 is 10.9 Å². The van der Waals surface area contributed by atoms with Gasteiger partial charge in [-0.3, -0.25) is 14.3 Å². The van der Waals surface area contributed by atoms with E-state index in [1.54, 1.807) is 22.3 Å². The molecule has 4 rings (SSSR count). The molecule has 3 heterocycles. The predicted molar refractivity (Wildman–Crippen MR) is 134 cm³/mol. The van der Waals surface area contributed by atoms with Gasteiger partial charge in [-0.05, 0) is 30.7 Å². The first-order valence-electron chi connectivity index (χ1n) is 11.0. The fraction of sp³-hybridized carbons (Fsp3) is 0.333. The Labute approximate surface area is 202 Å². The van der Waals surface area contributed by atoms with Crippen LogP contribution in [0.15, 0.2) is 59.0 Å². The van der Waals surface area contributed by atoms with Gasteiger partial charge in [0.2, 0.25) is 0 Å². The summed E-state index contributed by atoms with van der Waals surface area (Å²) in [7, 11) is 1.94. The second-order valence-corrected chi connectivity index (χ2v) is 9.06. The van der Waals surface area contributed by atoms with Crippen molar-refractivity contribution in [1.29, 1.82) is 0 Å². The molecule has 33 heavy (non-hydrogen) atoms. The van der Waals surface area contributed by atoms with E-state index in [1.807, 2.05) is 43.4 Å². The molecule has 0 aliphatic rings. The summed E-state index contributed by atoms with van der Waals surface area (Å²) in [6.45, 7) is 4.86. The van der Waals surface area contributed by atoms with Crippen LogP contribution in [-0.4, -0.2) is 44.6 Å². The van der Waals surface area contributed by atoms with Crippen molar-refractivity contribution < 1.29 is 0 Å². The zero-order chi connectivity index (χ0) is 23.2. The molecule has 3 aromatic heterocycles. The smallest absolute Gasteiger partial charge is 0.281 e. The van der Waals surface area contributed by atoms with Gasteiger partial charge in [-0.25, -0.2) is 15.0 Å². The van der Waals surface area contributed by atoms with Crippen LogP contribution in [0.25, 0.3) is 10.3 Å². The Hall–Kier alpha value is -2.65. The number of thiazole rings is 1. The van der Waals surface area contributed by atoms with E-state index < -0.39 is 0 Å². The Morgan fingerprint density at radius 2 is 1.97 bits per heavy atom. The van der Waals surface area contributed by atoms with E-state index >= 15 is 0 Å². The maximum absolute atomic E-state index is 13.5. The summed E-state index contributed by atoms with van der Waals surface area (Å²) in [6, 6.07) is 13.7. The predicted octanol–water partition coefficient (Wildman–Crippen LogP) is 4.12. The van der Waals surface area contributed by atoms with E-state index in [0.717, 1.165) is 36.5 Å². The minimum atomic E-state index is -0.0970. The molecule has 0 amide bonds. The average molecular weight is 483 g/mol. The Morgan fingerprint density at radius 1 is 1.15 bits per heavy atom. The fourth-order valence-corrected chi connectivity index (χ4v) is 4.74. The van der Waals surface area contributed by atoms with Crippen molar-refractivity contribution in [2.45, 2.75) is 32.5 Å². The van der Waals surface area contributed by atoms with Crippen LogP contribution in [0.5, 0.6) is 0 Å². The van der Waals surface area contributed by atoms with Gasteiger partial charge in [0.1, 0.15) is 11.0 Å². The third-order valence-electron chi connectivity index (χ3n) is 5.62. The maximum atomic E-state index is 13.5. The first-order chi connectivity index (χ1) is 16.1. The molecule has 0 radical (unpaired) electrons. The third kappa shape index (κ3) is 5.47. The normalized spacial score (nSPS) is 12.5. The molecule has 172 valence electrons.